The maximum Gasteiger partial charge on any atom is 0.320 e. The van der Waals surface area contributed by atoms with E-state index in [0.717, 1.165) is 0 Å². The first-order chi connectivity index (χ1) is 17.0. The molecule has 11 heteroatoms. The van der Waals surface area contributed by atoms with Crippen LogP contribution in [0, 0.1) is 28.1 Å². The molecule has 2 saturated heterocycles. The molecular weight excluding hydrogens is 488 g/mol. The first-order valence-corrected chi connectivity index (χ1v) is 12.8. The number of aliphatic hydroxyl groups is 2. The minimum absolute atomic E-state index is 0.0296. The van der Waals surface area contributed by atoms with Crippen molar-refractivity contribution in [3.63, 3.8) is 0 Å². The summed E-state index contributed by atoms with van der Waals surface area (Å²) in [7, 11) is 0. The quantitative estimate of drug-likeness (QED) is 0.308. The molecule has 0 bridgehead atoms. The van der Waals surface area contributed by atoms with Crippen LogP contribution in [0.3, 0.4) is 0 Å². The van der Waals surface area contributed by atoms with Crippen molar-refractivity contribution in [1.29, 1.82) is 0 Å². The van der Waals surface area contributed by atoms with Crippen LogP contribution in [-0.4, -0.2) is 76.0 Å². The average Bonchev–Trinajstić information content (AvgIpc) is 3.39. The molecule has 11 unspecified atom stereocenters. The van der Waals surface area contributed by atoms with Gasteiger partial charge in [-0.1, -0.05) is 20.8 Å². The van der Waals surface area contributed by atoms with Crippen LogP contribution < -0.4 is 0 Å². The normalized spacial score (nSPS) is 50.8. The van der Waals surface area contributed by atoms with Crippen molar-refractivity contribution >= 4 is 23.9 Å². The lowest BCUT2D eigenvalue weighted by atomic mass is 9.41. The van der Waals surface area contributed by atoms with Crippen LogP contribution in [0.5, 0.6) is 0 Å². The van der Waals surface area contributed by atoms with Gasteiger partial charge in [0.05, 0.1) is 5.60 Å². The van der Waals surface area contributed by atoms with Gasteiger partial charge in [0.1, 0.15) is 29.3 Å². The number of hydrogen-bond donors (Lipinski definition) is 2. The second-order valence-electron chi connectivity index (χ2n) is 12.5. The van der Waals surface area contributed by atoms with Crippen molar-refractivity contribution in [3.05, 3.63) is 0 Å². The van der Waals surface area contributed by atoms with E-state index in [1.165, 1.54) is 27.7 Å². The molecule has 0 radical (unpaired) electrons. The van der Waals surface area contributed by atoms with E-state index in [-0.39, 0.29) is 6.42 Å². The van der Waals surface area contributed by atoms with Crippen LogP contribution in [0.4, 0.5) is 0 Å². The highest BCUT2D eigenvalue weighted by Gasteiger charge is 2.87. The SMILES string of the molecule is CC(=O)OC1C2C(CC3(C(=O)OC4OC43)C2(C)O)C2(C)C(OC(C)=O)CCC(C)(C)C2(O)C1OC(C)=O. The van der Waals surface area contributed by atoms with Crippen LogP contribution in [0.1, 0.15) is 67.7 Å². The minimum atomic E-state index is -1.89. The molecule has 2 heterocycles. The Kier molecular flexibility index (Phi) is 5.46. The first kappa shape index (κ1) is 26.4. The summed E-state index contributed by atoms with van der Waals surface area (Å²) in [6.07, 6.45) is -4.25. The highest BCUT2D eigenvalue weighted by Crippen LogP contribution is 2.75. The van der Waals surface area contributed by atoms with Crippen molar-refractivity contribution in [2.24, 2.45) is 28.1 Å². The molecule has 0 aromatic rings. The molecule has 5 rings (SSSR count). The Morgan fingerprint density at radius 2 is 1.54 bits per heavy atom. The lowest BCUT2D eigenvalue weighted by Crippen LogP contribution is -2.80. The monoisotopic (exact) mass is 524 g/mol. The molecule has 2 aliphatic heterocycles. The number of hydrogen-bond acceptors (Lipinski definition) is 11. The topological polar surface area (TPSA) is 158 Å². The Balaban J connectivity index is 1.79. The largest absolute Gasteiger partial charge is 0.462 e. The maximum atomic E-state index is 13.3. The molecule has 1 spiro atoms. The fourth-order valence-electron chi connectivity index (χ4n) is 8.70. The number of epoxide rings is 1. The molecule has 11 nitrogen and oxygen atoms in total. The van der Waals surface area contributed by atoms with Gasteiger partial charge < -0.3 is 33.9 Å². The highest BCUT2D eigenvalue weighted by atomic mass is 16.8. The Hall–Kier alpha value is -2.24. The Morgan fingerprint density at radius 3 is 2.05 bits per heavy atom. The van der Waals surface area contributed by atoms with Gasteiger partial charge in [-0.25, -0.2) is 0 Å². The van der Waals surface area contributed by atoms with E-state index >= 15 is 0 Å². The lowest BCUT2D eigenvalue weighted by Gasteiger charge is -2.68. The third kappa shape index (κ3) is 3.04. The molecule has 5 aliphatic rings. The third-order valence-corrected chi connectivity index (χ3v) is 10.3. The number of rotatable bonds is 3. The van der Waals surface area contributed by atoms with Crippen LogP contribution in [0.2, 0.25) is 0 Å². The number of ether oxygens (including phenoxy) is 5. The van der Waals surface area contributed by atoms with Crippen LogP contribution in [0.15, 0.2) is 0 Å². The summed E-state index contributed by atoms with van der Waals surface area (Å²) in [5.74, 6) is -4.33. The van der Waals surface area contributed by atoms with Crippen molar-refractivity contribution < 1.29 is 53.1 Å². The zero-order chi connectivity index (χ0) is 27.5. The Bertz CT molecular complexity index is 1070. The van der Waals surface area contributed by atoms with E-state index in [1.54, 1.807) is 6.92 Å². The summed E-state index contributed by atoms with van der Waals surface area (Å²) in [5.41, 5.74) is -7.50. The third-order valence-electron chi connectivity index (χ3n) is 10.3. The summed E-state index contributed by atoms with van der Waals surface area (Å²) >= 11 is 0. The van der Waals surface area contributed by atoms with Crippen molar-refractivity contribution in [1.82, 2.24) is 0 Å². The fraction of sp³-hybridized carbons (Fsp3) is 0.846. The first-order valence-electron chi connectivity index (χ1n) is 12.8. The van der Waals surface area contributed by atoms with Gasteiger partial charge in [0, 0.05) is 32.1 Å². The molecule has 0 amide bonds. The van der Waals surface area contributed by atoms with Gasteiger partial charge in [0.15, 0.2) is 6.10 Å². The smallest absolute Gasteiger partial charge is 0.320 e. The van der Waals surface area contributed by atoms with Crippen molar-refractivity contribution in [2.75, 3.05) is 0 Å². The van der Waals surface area contributed by atoms with Gasteiger partial charge in [-0.15, -0.1) is 0 Å². The molecule has 3 saturated carbocycles. The number of carbonyl (C=O) groups excluding carboxylic acids is 4. The fourth-order valence-corrected chi connectivity index (χ4v) is 8.70. The molecule has 5 fully saturated rings. The molecule has 11 atom stereocenters. The van der Waals surface area contributed by atoms with Gasteiger partial charge in [-0.3, -0.25) is 19.2 Å². The summed E-state index contributed by atoms with van der Waals surface area (Å²) in [6.45, 7) is 10.5. The van der Waals surface area contributed by atoms with Gasteiger partial charge in [0.2, 0.25) is 6.29 Å². The molecule has 2 N–H and O–H groups in total. The van der Waals surface area contributed by atoms with Crippen LogP contribution in [-0.2, 0) is 42.9 Å². The summed E-state index contributed by atoms with van der Waals surface area (Å²) in [4.78, 5) is 50.4. The summed E-state index contributed by atoms with van der Waals surface area (Å²) in [5, 5.41) is 25.1. The standard InChI is InChI=1S/C26H36O11/c1-11(27)33-15-8-9-22(4,5)26(32)18(35-13(3)29)17(34-12(2)28)16-14(23(15,26)6)10-25(24(16,7)31)19-20(36-19)37-21(25)30/h14-20,31-32H,8-10H2,1-7H3. The van der Waals surface area contributed by atoms with Crippen LogP contribution >= 0.6 is 0 Å². The van der Waals surface area contributed by atoms with Gasteiger partial charge in [-0.2, -0.15) is 0 Å². The van der Waals surface area contributed by atoms with Crippen LogP contribution in [0.25, 0.3) is 0 Å². The molecule has 37 heavy (non-hydrogen) atoms. The Labute approximate surface area is 215 Å². The number of carbonyl (C=O) groups is 4. The van der Waals surface area contributed by atoms with Crippen molar-refractivity contribution in [3.8, 4) is 0 Å². The molecular formula is C26H36O11. The van der Waals surface area contributed by atoms with E-state index in [9.17, 15) is 29.4 Å². The number of fused-ring (bicyclic) bond motifs is 5. The van der Waals surface area contributed by atoms with E-state index in [4.69, 9.17) is 23.7 Å². The van der Waals surface area contributed by atoms with Gasteiger partial charge in [-0.05, 0) is 37.5 Å². The summed E-state index contributed by atoms with van der Waals surface area (Å²) in [6, 6.07) is 0. The van der Waals surface area contributed by atoms with E-state index in [1.807, 2.05) is 13.8 Å². The summed E-state index contributed by atoms with van der Waals surface area (Å²) < 4.78 is 28.3. The van der Waals surface area contributed by atoms with Gasteiger partial charge in [0.25, 0.3) is 0 Å². The second kappa shape index (κ2) is 7.66. The molecule has 206 valence electrons. The predicted octanol–water partition coefficient (Wildman–Crippen LogP) is 1.01. The predicted molar refractivity (Wildman–Crippen MR) is 122 cm³/mol. The van der Waals surface area contributed by atoms with E-state index < -0.39 is 93.9 Å². The maximum absolute atomic E-state index is 13.3. The van der Waals surface area contributed by atoms with E-state index in [2.05, 4.69) is 0 Å². The molecule has 0 aromatic carbocycles. The highest BCUT2D eigenvalue weighted by molar-refractivity contribution is 5.84. The Morgan fingerprint density at radius 1 is 0.946 bits per heavy atom. The zero-order valence-electron chi connectivity index (χ0n) is 22.2. The molecule has 0 aromatic heterocycles. The van der Waals surface area contributed by atoms with Gasteiger partial charge >= 0.3 is 23.9 Å². The molecule has 3 aliphatic carbocycles. The second-order valence-corrected chi connectivity index (χ2v) is 12.5. The van der Waals surface area contributed by atoms with Crippen molar-refractivity contribution in [2.45, 2.75) is 110 Å². The minimum Gasteiger partial charge on any atom is -0.462 e. The van der Waals surface area contributed by atoms with E-state index in [0.29, 0.717) is 12.8 Å². The zero-order valence-corrected chi connectivity index (χ0v) is 22.2. The number of esters is 4. The lowest BCUT2D eigenvalue weighted by molar-refractivity contribution is -0.340. The average molecular weight is 525 g/mol.